The monoisotopic (exact) mass is 192 g/mol. The van der Waals surface area contributed by atoms with Crippen molar-refractivity contribution >= 4 is 29.1 Å². The molecule has 0 radical (unpaired) electrons. The van der Waals surface area contributed by atoms with Crippen molar-refractivity contribution in [3.05, 3.63) is 18.2 Å². The highest BCUT2D eigenvalue weighted by molar-refractivity contribution is 6.53. The first-order valence-electron chi connectivity index (χ1n) is 2.95. The minimum absolute atomic E-state index is 0.372. The van der Waals surface area contributed by atoms with Gasteiger partial charge in [0.2, 0.25) is 0 Å². The van der Waals surface area contributed by atoms with Gasteiger partial charge in [0.05, 0.1) is 0 Å². The number of halogens is 2. The molecule has 60 valence electrons. The van der Waals surface area contributed by atoms with E-state index >= 15 is 0 Å². The minimum atomic E-state index is -1.03. The second kappa shape index (κ2) is 3.24. The Hall–Kier alpha value is -0.540. The predicted molar refractivity (Wildman–Crippen MR) is 43.1 cm³/mol. The third-order valence-electron chi connectivity index (χ3n) is 1.25. The molecular formula is C6H6Cl2N2O. The lowest BCUT2D eigenvalue weighted by Crippen LogP contribution is -2.17. The number of imidazole rings is 1. The number of aromatic nitrogens is 2. The first kappa shape index (κ1) is 8.56. The number of rotatable bonds is 1. The maximum Gasteiger partial charge on any atom is 0.265 e. The van der Waals surface area contributed by atoms with E-state index in [0.29, 0.717) is 5.82 Å². The van der Waals surface area contributed by atoms with Crippen LogP contribution in [0.5, 0.6) is 0 Å². The summed E-state index contributed by atoms with van der Waals surface area (Å²) in [6, 6.07) is 0. The van der Waals surface area contributed by atoms with E-state index in [9.17, 15) is 4.79 Å². The van der Waals surface area contributed by atoms with Crippen molar-refractivity contribution in [1.82, 2.24) is 9.55 Å². The van der Waals surface area contributed by atoms with E-state index in [1.165, 1.54) is 17.0 Å². The third-order valence-corrected chi connectivity index (χ3v) is 1.62. The fourth-order valence-corrected chi connectivity index (χ4v) is 0.926. The Balaban J connectivity index is 2.93. The summed E-state index contributed by atoms with van der Waals surface area (Å²) in [5, 5.41) is 0. The lowest BCUT2D eigenvalue weighted by molar-refractivity contribution is 0.0927. The summed E-state index contributed by atoms with van der Waals surface area (Å²) >= 11 is 10.7. The predicted octanol–water partition coefficient (Wildman–Crippen LogP) is 1.64. The Morgan fingerprint density at radius 1 is 1.73 bits per heavy atom. The molecule has 11 heavy (non-hydrogen) atoms. The molecule has 0 aliphatic heterocycles. The zero-order valence-corrected chi connectivity index (χ0v) is 7.30. The summed E-state index contributed by atoms with van der Waals surface area (Å²) in [6.45, 7) is 1.70. The molecule has 0 saturated heterocycles. The van der Waals surface area contributed by atoms with Crippen LogP contribution in [0.4, 0.5) is 0 Å². The molecule has 0 atom stereocenters. The van der Waals surface area contributed by atoms with Gasteiger partial charge < -0.3 is 0 Å². The molecule has 0 aromatic carbocycles. The van der Waals surface area contributed by atoms with Crippen LogP contribution in [0.1, 0.15) is 10.6 Å². The smallest absolute Gasteiger partial charge is 0.265 e. The van der Waals surface area contributed by atoms with Gasteiger partial charge in [-0.3, -0.25) is 9.36 Å². The van der Waals surface area contributed by atoms with Crippen molar-refractivity contribution < 1.29 is 4.79 Å². The summed E-state index contributed by atoms with van der Waals surface area (Å²) in [7, 11) is 0. The van der Waals surface area contributed by atoms with Crippen molar-refractivity contribution in [2.24, 2.45) is 0 Å². The van der Waals surface area contributed by atoms with Crippen LogP contribution in [0, 0.1) is 6.92 Å². The number of carbonyl (C=O) groups excluding carboxylic acids is 1. The number of nitrogens with zero attached hydrogens (tertiary/aromatic N) is 2. The zero-order valence-electron chi connectivity index (χ0n) is 5.79. The van der Waals surface area contributed by atoms with E-state index in [0.717, 1.165) is 0 Å². The van der Waals surface area contributed by atoms with Crippen LogP contribution in [-0.2, 0) is 0 Å². The molecule has 3 nitrogen and oxygen atoms in total. The molecule has 0 saturated carbocycles. The van der Waals surface area contributed by atoms with E-state index < -0.39 is 4.84 Å². The average molecular weight is 193 g/mol. The summed E-state index contributed by atoms with van der Waals surface area (Å²) < 4.78 is 1.31. The van der Waals surface area contributed by atoms with Crippen LogP contribution in [0.15, 0.2) is 12.4 Å². The quantitative estimate of drug-likeness (QED) is 0.635. The van der Waals surface area contributed by atoms with Gasteiger partial charge in [-0.15, -0.1) is 0 Å². The molecule has 1 rings (SSSR count). The van der Waals surface area contributed by atoms with Gasteiger partial charge in [-0.05, 0) is 6.92 Å². The fourth-order valence-electron chi connectivity index (χ4n) is 0.716. The molecule has 5 heteroatoms. The van der Waals surface area contributed by atoms with Crippen LogP contribution in [0.2, 0.25) is 0 Å². The highest BCUT2D eigenvalue weighted by atomic mass is 35.5. The van der Waals surface area contributed by atoms with Gasteiger partial charge in [-0.25, -0.2) is 4.98 Å². The molecule has 0 unspecified atom stereocenters. The Labute approximate surface area is 73.9 Å². The molecule has 0 N–H and O–H groups in total. The Kier molecular flexibility index (Phi) is 2.52. The van der Waals surface area contributed by atoms with E-state index in [4.69, 9.17) is 23.2 Å². The molecule has 0 bridgehead atoms. The maximum absolute atomic E-state index is 11.1. The summed E-state index contributed by atoms with van der Waals surface area (Å²) in [5.41, 5.74) is 0. The normalized spacial score (nSPS) is 10.5. The number of alkyl halides is 2. The molecule has 0 spiro atoms. The second-order valence-corrected chi connectivity index (χ2v) is 3.08. The topological polar surface area (TPSA) is 34.9 Å². The van der Waals surface area contributed by atoms with E-state index in [1.54, 1.807) is 6.92 Å². The summed E-state index contributed by atoms with van der Waals surface area (Å²) in [6.07, 6.45) is 3.04. The standard InChI is InChI=1S/C6H6Cl2N2O/c1-4-9-2-3-10(4)6(11)5(7)8/h2-3,5H,1H3. The first-order chi connectivity index (χ1) is 5.13. The molecule has 0 amide bonds. The third kappa shape index (κ3) is 1.73. The number of carbonyl (C=O) groups is 1. The molecule has 1 aromatic rings. The van der Waals surface area contributed by atoms with Crippen LogP contribution < -0.4 is 0 Å². The Morgan fingerprint density at radius 3 is 2.73 bits per heavy atom. The van der Waals surface area contributed by atoms with Crippen LogP contribution >= 0.6 is 23.2 Å². The molecular weight excluding hydrogens is 187 g/mol. The van der Waals surface area contributed by atoms with Crippen molar-refractivity contribution in [3.8, 4) is 0 Å². The first-order valence-corrected chi connectivity index (χ1v) is 3.82. The van der Waals surface area contributed by atoms with Crippen molar-refractivity contribution in [2.75, 3.05) is 0 Å². The minimum Gasteiger partial charge on any atom is -0.272 e. The molecule has 0 fully saturated rings. The number of aryl methyl sites for hydroxylation is 1. The average Bonchev–Trinajstić information content (AvgIpc) is 2.33. The maximum atomic E-state index is 11.1. The number of hydrogen-bond donors (Lipinski definition) is 0. The van der Waals surface area contributed by atoms with E-state index in [2.05, 4.69) is 4.98 Å². The fraction of sp³-hybridized carbons (Fsp3) is 0.333. The summed E-state index contributed by atoms with van der Waals surface area (Å²) in [5.74, 6) is 0.213. The Morgan fingerprint density at radius 2 is 2.36 bits per heavy atom. The molecule has 0 aliphatic rings. The Bertz CT molecular complexity index is 269. The van der Waals surface area contributed by atoms with Gasteiger partial charge in [0.15, 0.2) is 4.84 Å². The van der Waals surface area contributed by atoms with Gasteiger partial charge in [-0.2, -0.15) is 0 Å². The van der Waals surface area contributed by atoms with Crippen molar-refractivity contribution in [1.29, 1.82) is 0 Å². The van der Waals surface area contributed by atoms with Crippen LogP contribution in [0.25, 0.3) is 0 Å². The lowest BCUT2D eigenvalue weighted by atomic mass is 10.6. The van der Waals surface area contributed by atoms with Crippen LogP contribution in [0.3, 0.4) is 0 Å². The van der Waals surface area contributed by atoms with Crippen molar-refractivity contribution in [2.45, 2.75) is 11.8 Å². The van der Waals surface area contributed by atoms with Gasteiger partial charge in [-0.1, -0.05) is 23.2 Å². The molecule has 1 heterocycles. The lowest BCUT2D eigenvalue weighted by Gasteiger charge is -2.01. The highest BCUT2D eigenvalue weighted by Gasteiger charge is 2.14. The van der Waals surface area contributed by atoms with Crippen molar-refractivity contribution in [3.63, 3.8) is 0 Å². The largest absolute Gasteiger partial charge is 0.272 e. The number of hydrogen-bond acceptors (Lipinski definition) is 2. The second-order valence-electron chi connectivity index (χ2n) is 1.98. The molecule has 0 aliphatic carbocycles. The summed E-state index contributed by atoms with van der Waals surface area (Å²) in [4.78, 5) is 13.9. The van der Waals surface area contributed by atoms with Crippen LogP contribution in [-0.4, -0.2) is 20.3 Å². The zero-order chi connectivity index (χ0) is 8.43. The van der Waals surface area contributed by atoms with E-state index in [-0.39, 0.29) is 5.91 Å². The van der Waals surface area contributed by atoms with E-state index in [1.807, 2.05) is 0 Å². The van der Waals surface area contributed by atoms with Gasteiger partial charge in [0, 0.05) is 12.4 Å². The highest BCUT2D eigenvalue weighted by Crippen LogP contribution is 2.07. The van der Waals surface area contributed by atoms with Gasteiger partial charge in [0.1, 0.15) is 5.82 Å². The van der Waals surface area contributed by atoms with Gasteiger partial charge >= 0.3 is 0 Å². The SMILES string of the molecule is Cc1nccn1C(=O)C(Cl)Cl. The van der Waals surface area contributed by atoms with Gasteiger partial charge in [0.25, 0.3) is 5.91 Å². The molecule has 1 aromatic heterocycles.